The summed E-state index contributed by atoms with van der Waals surface area (Å²) < 4.78 is 1.70. The highest BCUT2D eigenvalue weighted by Gasteiger charge is 2.19. The molecule has 1 aromatic heterocycles. The molecule has 3 rings (SSSR count). The van der Waals surface area contributed by atoms with E-state index < -0.39 is 0 Å². The summed E-state index contributed by atoms with van der Waals surface area (Å²) in [6.45, 7) is 0. The SMILES string of the molecule is Cn1cc(Nc2cc3c(cc2N)CC(=O)N3)cn1. The Balaban J connectivity index is 1.93. The van der Waals surface area contributed by atoms with E-state index in [1.54, 1.807) is 10.9 Å². The van der Waals surface area contributed by atoms with Gasteiger partial charge in [0.15, 0.2) is 0 Å². The molecule has 0 saturated carbocycles. The summed E-state index contributed by atoms with van der Waals surface area (Å²) in [5.41, 5.74) is 9.97. The number of aromatic nitrogens is 2. The largest absolute Gasteiger partial charge is 0.397 e. The van der Waals surface area contributed by atoms with Crippen LogP contribution in [0.3, 0.4) is 0 Å². The predicted octanol–water partition coefficient (Wildman–Crippen LogP) is 1.24. The Kier molecular flexibility index (Phi) is 2.22. The van der Waals surface area contributed by atoms with E-state index >= 15 is 0 Å². The third-order valence-corrected chi connectivity index (χ3v) is 2.88. The highest BCUT2D eigenvalue weighted by atomic mass is 16.1. The van der Waals surface area contributed by atoms with E-state index in [-0.39, 0.29) is 5.91 Å². The topological polar surface area (TPSA) is 85.0 Å². The van der Waals surface area contributed by atoms with Gasteiger partial charge in [-0.25, -0.2) is 0 Å². The van der Waals surface area contributed by atoms with Gasteiger partial charge >= 0.3 is 0 Å². The van der Waals surface area contributed by atoms with Crippen LogP contribution in [-0.2, 0) is 18.3 Å². The first-order chi connectivity index (χ1) is 8.61. The van der Waals surface area contributed by atoms with E-state index in [9.17, 15) is 4.79 Å². The number of hydrogen-bond donors (Lipinski definition) is 3. The second-order valence-electron chi connectivity index (χ2n) is 4.35. The van der Waals surface area contributed by atoms with Gasteiger partial charge in [-0.2, -0.15) is 5.10 Å². The van der Waals surface area contributed by atoms with Crippen LogP contribution >= 0.6 is 0 Å². The van der Waals surface area contributed by atoms with E-state index in [2.05, 4.69) is 15.7 Å². The van der Waals surface area contributed by atoms with Crippen LogP contribution in [0.2, 0.25) is 0 Å². The van der Waals surface area contributed by atoms with Gasteiger partial charge in [0.05, 0.1) is 29.7 Å². The second-order valence-corrected chi connectivity index (χ2v) is 4.35. The molecule has 4 N–H and O–H groups in total. The molecule has 1 amide bonds. The predicted molar refractivity (Wildman–Crippen MR) is 69.7 cm³/mol. The molecule has 0 fully saturated rings. The molecule has 1 aromatic carbocycles. The molecule has 2 aromatic rings. The Morgan fingerprint density at radius 3 is 3.06 bits per heavy atom. The van der Waals surface area contributed by atoms with Crippen LogP contribution in [-0.4, -0.2) is 15.7 Å². The zero-order chi connectivity index (χ0) is 12.7. The first kappa shape index (κ1) is 10.6. The summed E-state index contributed by atoms with van der Waals surface area (Å²) in [5.74, 6) is 0.00271. The second kappa shape index (κ2) is 3.76. The molecule has 0 spiro atoms. The standard InChI is InChI=1S/C12H13N5O/c1-17-6-8(5-14-17)15-11-4-10-7(2-9(11)13)3-12(18)16-10/h2,4-6,15H,3,13H2,1H3,(H,16,18). The van der Waals surface area contributed by atoms with Crippen LogP contribution in [0, 0.1) is 0 Å². The fraction of sp³-hybridized carbons (Fsp3) is 0.167. The minimum absolute atomic E-state index is 0.00271. The van der Waals surface area contributed by atoms with Crippen LogP contribution < -0.4 is 16.4 Å². The summed E-state index contributed by atoms with van der Waals surface area (Å²) >= 11 is 0. The molecule has 0 aliphatic carbocycles. The third-order valence-electron chi connectivity index (χ3n) is 2.88. The van der Waals surface area contributed by atoms with Crippen LogP contribution in [0.1, 0.15) is 5.56 Å². The van der Waals surface area contributed by atoms with Crippen LogP contribution in [0.25, 0.3) is 0 Å². The third kappa shape index (κ3) is 1.77. The van der Waals surface area contributed by atoms with Gasteiger partial charge in [0, 0.05) is 18.9 Å². The maximum absolute atomic E-state index is 11.3. The van der Waals surface area contributed by atoms with Gasteiger partial charge in [0.1, 0.15) is 0 Å². The van der Waals surface area contributed by atoms with Gasteiger partial charge in [-0.1, -0.05) is 0 Å². The number of carbonyl (C=O) groups is 1. The molecule has 92 valence electrons. The molecule has 0 saturated heterocycles. The van der Waals surface area contributed by atoms with Gasteiger partial charge in [0.25, 0.3) is 0 Å². The molecular weight excluding hydrogens is 230 g/mol. The van der Waals surface area contributed by atoms with Crippen molar-refractivity contribution in [3.8, 4) is 0 Å². The molecule has 2 heterocycles. The summed E-state index contributed by atoms with van der Waals surface area (Å²) in [5, 5.41) is 10.0. The quantitative estimate of drug-likeness (QED) is 0.693. The number of hydrogen-bond acceptors (Lipinski definition) is 4. The number of amides is 1. The van der Waals surface area contributed by atoms with Crippen LogP contribution in [0.5, 0.6) is 0 Å². The van der Waals surface area contributed by atoms with Gasteiger partial charge in [0.2, 0.25) is 5.91 Å². The Hall–Kier alpha value is -2.50. The van der Waals surface area contributed by atoms with Crippen molar-refractivity contribution < 1.29 is 4.79 Å². The van der Waals surface area contributed by atoms with E-state index in [0.29, 0.717) is 12.1 Å². The maximum atomic E-state index is 11.3. The molecule has 0 unspecified atom stereocenters. The lowest BCUT2D eigenvalue weighted by molar-refractivity contribution is -0.115. The molecule has 6 heteroatoms. The van der Waals surface area contributed by atoms with Crippen molar-refractivity contribution >= 4 is 28.7 Å². The molecule has 18 heavy (non-hydrogen) atoms. The maximum Gasteiger partial charge on any atom is 0.228 e. The average Bonchev–Trinajstić information content (AvgIpc) is 2.85. The highest BCUT2D eigenvalue weighted by molar-refractivity contribution is 6.01. The van der Waals surface area contributed by atoms with Crippen molar-refractivity contribution in [1.29, 1.82) is 0 Å². The van der Waals surface area contributed by atoms with Crippen molar-refractivity contribution in [3.63, 3.8) is 0 Å². The Labute approximate surface area is 104 Å². The smallest absolute Gasteiger partial charge is 0.228 e. The number of rotatable bonds is 2. The minimum Gasteiger partial charge on any atom is -0.397 e. The zero-order valence-electron chi connectivity index (χ0n) is 9.90. The van der Waals surface area contributed by atoms with Crippen molar-refractivity contribution in [2.75, 3.05) is 16.4 Å². The molecule has 6 nitrogen and oxygen atoms in total. The Bertz CT molecular complexity index is 631. The highest BCUT2D eigenvalue weighted by Crippen LogP contribution is 2.32. The fourth-order valence-corrected chi connectivity index (χ4v) is 2.04. The lowest BCUT2D eigenvalue weighted by Crippen LogP contribution is -2.03. The van der Waals surface area contributed by atoms with E-state index in [1.165, 1.54) is 0 Å². The number of anilines is 4. The number of nitrogens with one attached hydrogen (secondary N) is 2. The van der Waals surface area contributed by atoms with E-state index in [1.807, 2.05) is 25.4 Å². The van der Waals surface area contributed by atoms with Crippen molar-refractivity contribution in [3.05, 3.63) is 30.1 Å². The monoisotopic (exact) mass is 243 g/mol. The van der Waals surface area contributed by atoms with E-state index in [0.717, 1.165) is 22.6 Å². The summed E-state index contributed by atoms with van der Waals surface area (Å²) in [7, 11) is 1.84. The van der Waals surface area contributed by atoms with Crippen molar-refractivity contribution in [1.82, 2.24) is 9.78 Å². The summed E-state index contributed by atoms with van der Waals surface area (Å²) in [6, 6.07) is 3.68. The molecule has 0 radical (unpaired) electrons. The number of carbonyl (C=O) groups excluding carboxylic acids is 1. The first-order valence-corrected chi connectivity index (χ1v) is 5.60. The molecule has 1 aliphatic heterocycles. The van der Waals surface area contributed by atoms with Crippen LogP contribution in [0.4, 0.5) is 22.7 Å². The Morgan fingerprint density at radius 1 is 1.50 bits per heavy atom. The van der Waals surface area contributed by atoms with Gasteiger partial charge in [-0.3, -0.25) is 9.48 Å². The number of fused-ring (bicyclic) bond motifs is 1. The average molecular weight is 243 g/mol. The Morgan fingerprint density at radius 2 is 2.33 bits per heavy atom. The van der Waals surface area contributed by atoms with Gasteiger partial charge < -0.3 is 16.4 Å². The lowest BCUT2D eigenvalue weighted by atomic mass is 10.1. The summed E-state index contributed by atoms with van der Waals surface area (Å²) in [6.07, 6.45) is 3.96. The number of nitrogens with two attached hydrogens (primary N) is 1. The molecule has 0 atom stereocenters. The number of benzene rings is 1. The molecule has 1 aliphatic rings. The van der Waals surface area contributed by atoms with E-state index in [4.69, 9.17) is 5.73 Å². The first-order valence-electron chi connectivity index (χ1n) is 5.60. The molecule has 0 bridgehead atoms. The van der Waals surface area contributed by atoms with Crippen molar-refractivity contribution in [2.45, 2.75) is 6.42 Å². The number of nitrogen functional groups attached to an aromatic ring is 1. The van der Waals surface area contributed by atoms with Crippen molar-refractivity contribution in [2.24, 2.45) is 7.05 Å². The number of nitrogens with zero attached hydrogens (tertiary/aromatic N) is 2. The number of aryl methyl sites for hydroxylation is 1. The fourth-order valence-electron chi connectivity index (χ4n) is 2.04. The van der Waals surface area contributed by atoms with Gasteiger partial charge in [-0.05, 0) is 17.7 Å². The van der Waals surface area contributed by atoms with Crippen LogP contribution in [0.15, 0.2) is 24.5 Å². The van der Waals surface area contributed by atoms with Gasteiger partial charge in [-0.15, -0.1) is 0 Å². The lowest BCUT2D eigenvalue weighted by Gasteiger charge is -2.09. The zero-order valence-corrected chi connectivity index (χ0v) is 9.90. The minimum atomic E-state index is 0.00271. The molecular formula is C12H13N5O. The normalized spacial score (nSPS) is 13.3. The summed E-state index contributed by atoms with van der Waals surface area (Å²) in [4.78, 5) is 11.3.